The Morgan fingerprint density at radius 3 is 2.50 bits per heavy atom. The number of halogens is 1. The Hall–Kier alpha value is -0.830. The molecule has 0 aromatic heterocycles. The molecule has 86 valence electrons. The van der Waals surface area contributed by atoms with Crippen molar-refractivity contribution in [2.45, 2.75) is 39.5 Å². The van der Waals surface area contributed by atoms with Crippen molar-refractivity contribution in [3.05, 3.63) is 27.2 Å². The minimum atomic E-state index is -0.0225. The van der Waals surface area contributed by atoms with E-state index in [-0.39, 0.29) is 5.91 Å². The summed E-state index contributed by atoms with van der Waals surface area (Å²) in [5.74, 6) is 0.685. The van der Waals surface area contributed by atoms with Crippen LogP contribution in [0, 0.1) is 13.8 Å². The summed E-state index contributed by atoms with van der Waals surface area (Å²) >= 11 is 3.55. The van der Waals surface area contributed by atoms with Gasteiger partial charge in [0.05, 0.1) is 5.69 Å². The molecule has 0 aliphatic heterocycles. The van der Waals surface area contributed by atoms with Crippen LogP contribution in [0.2, 0.25) is 0 Å². The smallest absolute Gasteiger partial charge is 0.221 e. The molecular formula is C13H16BrNO. The van der Waals surface area contributed by atoms with Gasteiger partial charge in [-0.3, -0.25) is 4.79 Å². The number of carbonyl (C=O) groups excluding carboxylic acids is 1. The highest BCUT2D eigenvalue weighted by Crippen LogP contribution is 2.45. The van der Waals surface area contributed by atoms with E-state index in [0.717, 1.165) is 10.2 Å². The standard InChI is InChI=1S/C13H16BrNO/c1-7-8(2)13(14)12(15-9(3)16)6-11(7)10-4-5-10/h6,10H,4-5H2,1-3H3,(H,15,16). The number of amides is 1. The molecule has 1 aliphatic carbocycles. The van der Waals surface area contributed by atoms with E-state index in [1.807, 2.05) is 0 Å². The van der Waals surface area contributed by atoms with Crippen LogP contribution in [-0.2, 0) is 4.79 Å². The van der Waals surface area contributed by atoms with Gasteiger partial charge < -0.3 is 5.32 Å². The number of anilines is 1. The number of benzene rings is 1. The maximum absolute atomic E-state index is 11.1. The molecule has 1 N–H and O–H groups in total. The zero-order chi connectivity index (χ0) is 11.9. The van der Waals surface area contributed by atoms with E-state index >= 15 is 0 Å². The lowest BCUT2D eigenvalue weighted by Crippen LogP contribution is -2.08. The fraction of sp³-hybridized carbons (Fsp3) is 0.462. The van der Waals surface area contributed by atoms with Crippen molar-refractivity contribution in [1.29, 1.82) is 0 Å². The predicted molar refractivity (Wildman–Crippen MR) is 69.9 cm³/mol. The van der Waals surface area contributed by atoms with Gasteiger partial charge in [-0.15, -0.1) is 0 Å². The van der Waals surface area contributed by atoms with Crippen molar-refractivity contribution in [3.8, 4) is 0 Å². The summed E-state index contributed by atoms with van der Waals surface area (Å²) in [7, 11) is 0. The first-order valence-corrected chi connectivity index (χ1v) is 6.37. The largest absolute Gasteiger partial charge is 0.325 e. The van der Waals surface area contributed by atoms with Crippen LogP contribution in [0.3, 0.4) is 0 Å². The minimum absolute atomic E-state index is 0.0225. The van der Waals surface area contributed by atoms with Gasteiger partial charge in [0.1, 0.15) is 0 Å². The average molecular weight is 282 g/mol. The minimum Gasteiger partial charge on any atom is -0.325 e. The van der Waals surface area contributed by atoms with Crippen molar-refractivity contribution < 1.29 is 4.79 Å². The van der Waals surface area contributed by atoms with E-state index in [1.54, 1.807) is 6.92 Å². The Morgan fingerprint density at radius 1 is 1.38 bits per heavy atom. The molecule has 1 aliphatic rings. The first-order chi connectivity index (χ1) is 7.50. The molecule has 3 heteroatoms. The molecule has 0 saturated heterocycles. The summed E-state index contributed by atoms with van der Waals surface area (Å²) in [6.45, 7) is 5.79. The van der Waals surface area contributed by atoms with Gasteiger partial charge in [-0.25, -0.2) is 0 Å². The summed E-state index contributed by atoms with van der Waals surface area (Å²) in [6, 6.07) is 2.12. The van der Waals surface area contributed by atoms with Crippen LogP contribution in [-0.4, -0.2) is 5.91 Å². The highest BCUT2D eigenvalue weighted by Gasteiger charge is 2.27. The van der Waals surface area contributed by atoms with Gasteiger partial charge in [0.15, 0.2) is 0 Å². The Labute approximate surface area is 105 Å². The maximum Gasteiger partial charge on any atom is 0.221 e. The van der Waals surface area contributed by atoms with Crippen molar-refractivity contribution in [3.63, 3.8) is 0 Å². The Kier molecular flexibility index (Phi) is 3.06. The van der Waals surface area contributed by atoms with Gasteiger partial charge in [0.25, 0.3) is 0 Å². The number of rotatable bonds is 2. The molecule has 0 heterocycles. The van der Waals surface area contributed by atoms with Crippen molar-refractivity contribution in [2.24, 2.45) is 0 Å². The molecule has 1 aromatic rings. The van der Waals surface area contributed by atoms with E-state index in [4.69, 9.17) is 0 Å². The topological polar surface area (TPSA) is 29.1 Å². The summed E-state index contributed by atoms with van der Waals surface area (Å²) in [5, 5.41) is 2.88. The van der Waals surface area contributed by atoms with Gasteiger partial charge in [-0.1, -0.05) is 0 Å². The molecule has 2 rings (SSSR count). The maximum atomic E-state index is 11.1. The van der Waals surface area contributed by atoms with Gasteiger partial charge >= 0.3 is 0 Å². The number of hydrogen-bond acceptors (Lipinski definition) is 1. The van der Waals surface area contributed by atoms with Crippen LogP contribution in [0.1, 0.15) is 42.4 Å². The molecule has 0 spiro atoms. The molecule has 0 unspecified atom stereocenters. The van der Waals surface area contributed by atoms with Gasteiger partial charge in [0, 0.05) is 11.4 Å². The van der Waals surface area contributed by atoms with Crippen molar-refractivity contribution in [2.75, 3.05) is 5.32 Å². The zero-order valence-corrected chi connectivity index (χ0v) is 11.4. The van der Waals surface area contributed by atoms with Crippen molar-refractivity contribution in [1.82, 2.24) is 0 Å². The lowest BCUT2D eigenvalue weighted by Gasteiger charge is -2.15. The average Bonchev–Trinajstić information content (AvgIpc) is 3.02. The highest BCUT2D eigenvalue weighted by atomic mass is 79.9. The third-order valence-corrected chi connectivity index (χ3v) is 4.21. The van der Waals surface area contributed by atoms with Crippen LogP contribution in [0.15, 0.2) is 10.5 Å². The monoisotopic (exact) mass is 281 g/mol. The van der Waals surface area contributed by atoms with E-state index in [0.29, 0.717) is 5.92 Å². The molecule has 0 bridgehead atoms. The molecular weight excluding hydrogens is 266 g/mol. The van der Waals surface area contributed by atoms with Gasteiger partial charge in [-0.2, -0.15) is 0 Å². The van der Waals surface area contributed by atoms with E-state index in [9.17, 15) is 4.79 Å². The summed E-state index contributed by atoms with van der Waals surface area (Å²) in [4.78, 5) is 11.1. The summed E-state index contributed by atoms with van der Waals surface area (Å²) in [5.41, 5.74) is 4.87. The van der Waals surface area contributed by atoms with Crippen LogP contribution >= 0.6 is 15.9 Å². The van der Waals surface area contributed by atoms with Crippen LogP contribution < -0.4 is 5.32 Å². The zero-order valence-electron chi connectivity index (χ0n) is 9.86. The SMILES string of the molecule is CC(=O)Nc1cc(C2CC2)c(C)c(C)c1Br. The highest BCUT2D eigenvalue weighted by molar-refractivity contribution is 9.10. The number of nitrogens with one attached hydrogen (secondary N) is 1. The second kappa shape index (κ2) is 4.21. The molecule has 1 amide bonds. The third-order valence-electron chi connectivity index (χ3n) is 3.19. The Morgan fingerprint density at radius 2 is 2.00 bits per heavy atom. The lowest BCUT2D eigenvalue weighted by atomic mass is 9.98. The van der Waals surface area contributed by atoms with Crippen LogP contribution in [0.4, 0.5) is 5.69 Å². The van der Waals surface area contributed by atoms with Crippen molar-refractivity contribution >= 4 is 27.5 Å². The second-order valence-electron chi connectivity index (χ2n) is 4.53. The van der Waals surface area contributed by atoms with E-state index in [1.165, 1.54) is 29.5 Å². The second-order valence-corrected chi connectivity index (χ2v) is 5.33. The first-order valence-electron chi connectivity index (χ1n) is 5.58. The third kappa shape index (κ3) is 2.14. The molecule has 0 radical (unpaired) electrons. The lowest BCUT2D eigenvalue weighted by molar-refractivity contribution is -0.114. The number of carbonyl (C=O) groups is 1. The fourth-order valence-corrected chi connectivity index (χ4v) is 2.52. The molecule has 1 saturated carbocycles. The predicted octanol–water partition coefficient (Wildman–Crippen LogP) is 3.90. The van der Waals surface area contributed by atoms with E-state index < -0.39 is 0 Å². The quantitative estimate of drug-likeness (QED) is 0.875. The summed E-state index contributed by atoms with van der Waals surface area (Å²) in [6.07, 6.45) is 2.56. The van der Waals surface area contributed by atoms with Gasteiger partial charge in [0.2, 0.25) is 5.91 Å². The Balaban J connectivity index is 2.48. The van der Waals surface area contributed by atoms with Crippen LogP contribution in [0.25, 0.3) is 0 Å². The molecule has 1 fully saturated rings. The van der Waals surface area contributed by atoms with Gasteiger partial charge in [-0.05, 0) is 71.3 Å². The molecule has 2 nitrogen and oxygen atoms in total. The number of hydrogen-bond donors (Lipinski definition) is 1. The van der Waals surface area contributed by atoms with E-state index in [2.05, 4.69) is 41.2 Å². The fourth-order valence-electron chi connectivity index (χ4n) is 2.01. The Bertz CT molecular complexity index is 450. The molecule has 1 aromatic carbocycles. The molecule has 0 atom stereocenters. The normalized spacial score (nSPS) is 15.0. The molecule has 16 heavy (non-hydrogen) atoms. The summed E-state index contributed by atoms with van der Waals surface area (Å²) < 4.78 is 1.00. The first kappa shape index (κ1) is 11.6. The van der Waals surface area contributed by atoms with Crippen LogP contribution in [0.5, 0.6) is 0 Å².